The molecule has 0 aliphatic heterocycles. The summed E-state index contributed by atoms with van der Waals surface area (Å²) < 4.78 is 5.19. The van der Waals surface area contributed by atoms with Crippen LogP contribution in [0.2, 0.25) is 5.02 Å². The van der Waals surface area contributed by atoms with Crippen LogP contribution in [0.15, 0.2) is 24.3 Å². The van der Waals surface area contributed by atoms with E-state index in [-0.39, 0.29) is 5.92 Å². The topological polar surface area (TPSA) is 64.3 Å². The van der Waals surface area contributed by atoms with Crippen molar-refractivity contribution in [2.75, 3.05) is 13.1 Å². The maximum Gasteiger partial charge on any atom is 0.407 e. The van der Waals surface area contributed by atoms with Gasteiger partial charge in [-0.15, -0.1) is 0 Å². The lowest BCUT2D eigenvalue weighted by Crippen LogP contribution is -2.37. The predicted octanol–water partition coefficient (Wildman–Crippen LogP) is 2.98. The van der Waals surface area contributed by atoms with Gasteiger partial charge in [-0.1, -0.05) is 29.8 Å². The van der Waals surface area contributed by atoms with Gasteiger partial charge in [0, 0.05) is 11.6 Å². The molecule has 0 aromatic heterocycles. The standard InChI is InChI=1S/C15H23ClN2O2/c1-15(2,3)20-14(19)18-10-11(9-17)8-12-6-4-5-7-13(12)16/h4-7,11H,8-10,17H2,1-3H3,(H,18,19). The number of nitrogens with two attached hydrogens (primary N) is 1. The van der Waals surface area contributed by atoms with Gasteiger partial charge < -0.3 is 15.8 Å². The molecule has 0 spiro atoms. The van der Waals surface area contributed by atoms with Crippen LogP contribution in [0.25, 0.3) is 0 Å². The van der Waals surface area contributed by atoms with Crippen LogP contribution in [-0.2, 0) is 11.2 Å². The molecular weight excluding hydrogens is 276 g/mol. The summed E-state index contributed by atoms with van der Waals surface area (Å²) in [7, 11) is 0. The summed E-state index contributed by atoms with van der Waals surface area (Å²) in [6.45, 7) is 6.43. The number of hydrogen-bond donors (Lipinski definition) is 2. The Morgan fingerprint density at radius 1 is 1.40 bits per heavy atom. The van der Waals surface area contributed by atoms with Crippen molar-refractivity contribution in [2.24, 2.45) is 11.7 Å². The van der Waals surface area contributed by atoms with E-state index in [0.29, 0.717) is 13.1 Å². The fraction of sp³-hybridized carbons (Fsp3) is 0.533. The van der Waals surface area contributed by atoms with Crippen molar-refractivity contribution < 1.29 is 9.53 Å². The minimum Gasteiger partial charge on any atom is -0.444 e. The minimum atomic E-state index is -0.495. The highest BCUT2D eigenvalue weighted by Gasteiger charge is 2.17. The van der Waals surface area contributed by atoms with Crippen LogP contribution < -0.4 is 11.1 Å². The molecule has 1 aromatic rings. The van der Waals surface area contributed by atoms with Gasteiger partial charge in [0.05, 0.1) is 0 Å². The van der Waals surface area contributed by atoms with Crippen molar-refractivity contribution in [1.29, 1.82) is 0 Å². The zero-order chi connectivity index (χ0) is 15.2. The molecule has 1 rings (SSSR count). The van der Waals surface area contributed by atoms with Gasteiger partial charge in [-0.05, 0) is 51.3 Å². The van der Waals surface area contributed by atoms with Crippen LogP contribution in [0.1, 0.15) is 26.3 Å². The first-order valence-corrected chi connectivity index (χ1v) is 7.10. The highest BCUT2D eigenvalue weighted by Crippen LogP contribution is 2.18. The van der Waals surface area contributed by atoms with Gasteiger partial charge in [0.2, 0.25) is 0 Å². The van der Waals surface area contributed by atoms with E-state index in [1.807, 2.05) is 45.0 Å². The maximum atomic E-state index is 11.6. The number of ether oxygens (including phenoxy) is 1. The van der Waals surface area contributed by atoms with E-state index < -0.39 is 11.7 Å². The summed E-state index contributed by atoms with van der Waals surface area (Å²) in [6, 6.07) is 7.66. The molecule has 0 radical (unpaired) electrons. The Labute approximate surface area is 125 Å². The Kier molecular flexibility index (Phi) is 6.30. The molecule has 0 aliphatic rings. The van der Waals surface area contributed by atoms with Gasteiger partial charge in [0.15, 0.2) is 0 Å². The Bertz CT molecular complexity index is 444. The van der Waals surface area contributed by atoms with E-state index in [1.165, 1.54) is 0 Å². The largest absolute Gasteiger partial charge is 0.444 e. The number of carbonyl (C=O) groups is 1. The fourth-order valence-electron chi connectivity index (χ4n) is 1.76. The number of hydrogen-bond acceptors (Lipinski definition) is 3. The highest BCUT2D eigenvalue weighted by atomic mass is 35.5. The monoisotopic (exact) mass is 298 g/mol. The molecule has 0 heterocycles. The zero-order valence-corrected chi connectivity index (χ0v) is 13.0. The number of alkyl carbamates (subject to hydrolysis) is 1. The molecule has 1 atom stereocenters. The third-order valence-electron chi connectivity index (χ3n) is 2.73. The van der Waals surface area contributed by atoms with Crippen LogP contribution in [0.3, 0.4) is 0 Å². The van der Waals surface area contributed by atoms with Crippen molar-refractivity contribution in [2.45, 2.75) is 32.8 Å². The van der Waals surface area contributed by atoms with Gasteiger partial charge in [0.25, 0.3) is 0 Å². The molecule has 3 N–H and O–H groups in total. The minimum absolute atomic E-state index is 0.127. The number of amides is 1. The lowest BCUT2D eigenvalue weighted by Gasteiger charge is -2.21. The molecule has 4 nitrogen and oxygen atoms in total. The zero-order valence-electron chi connectivity index (χ0n) is 12.3. The Morgan fingerprint density at radius 2 is 2.05 bits per heavy atom. The molecule has 0 saturated heterocycles. The third kappa shape index (κ3) is 6.26. The summed E-state index contributed by atoms with van der Waals surface area (Å²) in [5.74, 6) is 0.127. The second kappa shape index (κ2) is 7.50. The maximum absolute atomic E-state index is 11.6. The lowest BCUT2D eigenvalue weighted by atomic mass is 9.99. The SMILES string of the molecule is CC(C)(C)OC(=O)NCC(CN)Cc1ccccc1Cl. The number of rotatable bonds is 5. The van der Waals surface area contributed by atoms with Gasteiger partial charge in [-0.25, -0.2) is 4.79 Å². The Morgan fingerprint density at radius 3 is 2.60 bits per heavy atom. The Balaban J connectivity index is 2.48. The fourth-order valence-corrected chi connectivity index (χ4v) is 1.97. The first-order chi connectivity index (χ1) is 9.31. The van der Waals surface area contributed by atoms with Crippen molar-refractivity contribution in [3.63, 3.8) is 0 Å². The summed E-state index contributed by atoms with van der Waals surface area (Å²) in [5.41, 5.74) is 6.29. The summed E-state index contributed by atoms with van der Waals surface area (Å²) in [6.07, 6.45) is 0.307. The van der Waals surface area contributed by atoms with Gasteiger partial charge in [0.1, 0.15) is 5.60 Å². The molecule has 5 heteroatoms. The van der Waals surface area contributed by atoms with E-state index in [4.69, 9.17) is 22.1 Å². The molecule has 1 aromatic carbocycles. The van der Waals surface area contributed by atoms with Gasteiger partial charge >= 0.3 is 6.09 Å². The van der Waals surface area contributed by atoms with Crippen molar-refractivity contribution in [3.8, 4) is 0 Å². The van der Waals surface area contributed by atoms with Gasteiger partial charge in [-0.2, -0.15) is 0 Å². The number of nitrogens with one attached hydrogen (secondary N) is 1. The number of benzene rings is 1. The van der Waals surface area contributed by atoms with Crippen LogP contribution in [0, 0.1) is 5.92 Å². The van der Waals surface area contributed by atoms with E-state index in [2.05, 4.69) is 5.32 Å². The molecule has 112 valence electrons. The second-order valence-corrected chi connectivity index (χ2v) is 6.19. The van der Waals surface area contributed by atoms with Crippen molar-refractivity contribution >= 4 is 17.7 Å². The molecular formula is C15H23ClN2O2. The molecule has 1 amide bonds. The van der Waals surface area contributed by atoms with Crippen molar-refractivity contribution in [1.82, 2.24) is 5.32 Å². The average Bonchev–Trinajstić information content (AvgIpc) is 2.34. The second-order valence-electron chi connectivity index (χ2n) is 5.78. The smallest absolute Gasteiger partial charge is 0.407 e. The lowest BCUT2D eigenvalue weighted by molar-refractivity contribution is 0.0520. The van der Waals surface area contributed by atoms with Crippen LogP contribution in [0.5, 0.6) is 0 Å². The summed E-state index contributed by atoms with van der Waals surface area (Å²) in [5, 5.41) is 3.47. The summed E-state index contributed by atoms with van der Waals surface area (Å²) in [4.78, 5) is 11.6. The van der Waals surface area contributed by atoms with E-state index in [0.717, 1.165) is 17.0 Å². The molecule has 1 unspecified atom stereocenters. The highest BCUT2D eigenvalue weighted by molar-refractivity contribution is 6.31. The van der Waals surface area contributed by atoms with E-state index >= 15 is 0 Å². The quantitative estimate of drug-likeness (QED) is 0.878. The normalized spacial score (nSPS) is 12.8. The van der Waals surface area contributed by atoms with E-state index in [1.54, 1.807) is 0 Å². The van der Waals surface area contributed by atoms with E-state index in [9.17, 15) is 4.79 Å². The third-order valence-corrected chi connectivity index (χ3v) is 3.10. The first kappa shape index (κ1) is 16.8. The molecule has 20 heavy (non-hydrogen) atoms. The number of halogens is 1. The Hall–Kier alpha value is -1.26. The van der Waals surface area contributed by atoms with Crippen molar-refractivity contribution in [3.05, 3.63) is 34.9 Å². The summed E-state index contributed by atoms with van der Waals surface area (Å²) >= 11 is 6.12. The molecule has 0 saturated carbocycles. The molecule has 0 aliphatic carbocycles. The van der Waals surface area contributed by atoms with Crippen LogP contribution in [-0.4, -0.2) is 24.8 Å². The average molecular weight is 299 g/mol. The number of carbonyl (C=O) groups excluding carboxylic acids is 1. The molecule has 0 fully saturated rings. The van der Waals surface area contributed by atoms with Gasteiger partial charge in [-0.3, -0.25) is 0 Å². The predicted molar refractivity (Wildman–Crippen MR) is 81.9 cm³/mol. The van der Waals surface area contributed by atoms with Crippen LogP contribution >= 0.6 is 11.6 Å². The first-order valence-electron chi connectivity index (χ1n) is 6.72. The molecule has 0 bridgehead atoms. The van der Waals surface area contributed by atoms with Crippen LogP contribution in [0.4, 0.5) is 4.79 Å².